The van der Waals surface area contributed by atoms with Crippen LogP contribution >= 0.6 is 0 Å². The molecule has 0 aromatic carbocycles. The van der Waals surface area contributed by atoms with Crippen LogP contribution in [0.5, 0.6) is 0 Å². The van der Waals surface area contributed by atoms with Crippen LogP contribution in [0.15, 0.2) is 18.5 Å². The number of rotatable bonds is 4. The van der Waals surface area contributed by atoms with Crippen LogP contribution in [0.1, 0.15) is 39.5 Å². The highest BCUT2D eigenvalue weighted by Crippen LogP contribution is 2.21. The van der Waals surface area contributed by atoms with Crippen molar-refractivity contribution in [1.29, 1.82) is 0 Å². The summed E-state index contributed by atoms with van der Waals surface area (Å²) in [6.45, 7) is 2.40. The van der Waals surface area contributed by atoms with Gasteiger partial charge in [0.1, 0.15) is 17.6 Å². The van der Waals surface area contributed by atoms with E-state index in [1.807, 2.05) is 13.0 Å². The monoisotopic (exact) mass is 358 g/mol. The molecule has 1 saturated heterocycles. The molecule has 2 aromatic heterocycles. The van der Waals surface area contributed by atoms with Crippen molar-refractivity contribution in [2.75, 3.05) is 11.4 Å². The van der Waals surface area contributed by atoms with Crippen LogP contribution in [-0.4, -0.2) is 55.2 Å². The Morgan fingerprint density at radius 3 is 2.54 bits per heavy atom. The molecule has 136 valence electrons. The number of piperidine rings is 1. The molecule has 26 heavy (non-hydrogen) atoms. The van der Waals surface area contributed by atoms with E-state index in [0.717, 1.165) is 24.5 Å². The summed E-state index contributed by atoms with van der Waals surface area (Å²) in [4.78, 5) is 44.9. The molecule has 10 nitrogen and oxygen atoms in total. The first-order valence-corrected chi connectivity index (χ1v) is 8.05. The summed E-state index contributed by atoms with van der Waals surface area (Å²) in [5.74, 6) is -1.34. The van der Waals surface area contributed by atoms with E-state index < -0.39 is 17.9 Å². The molecule has 2 N–H and O–H groups in total. The number of aromatic nitrogens is 4. The zero-order valence-corrected chi connectivity index (χ0v) is 14.3. The first-order valence-electron chi connectivity index (χ1n) is 8.05. The standard InChI is InChI=1S/C16H18N6O4/c1-9-6-13(21(2)20-9)22-5-3-4-10(15(22)24)19-14(23)11-7-18-12(8-17-11)16(25)26/h6-8,10H,3-5H2,1-2H3,(H,19,23)(H,25,26). The Morgan fingerprint density at radius 1 is 1.27 bits per heavy atom. The second-order valence-electron chi connectivity index (χ2n) is 6.02. The van der Waals surface area contributed by atoms with Crippen LogP contribution in [0, 0.1) is 6.92 Å². The molecule has 1 fully saturated rings. The van der Waals surface area contributed by atoms with Gasteiger partial charge in [-0.05, 0) is 19.8 Å². The number of aromatic carboxylic acids is 1. The predicted molar refractivity (Wildman–Crippen MR) is 89.8 cm³/mol. The minimum atomic E-state index is -1.23. The van der Waals surface area contributed by atoms with E-state index in [4.69, 9.17) is 5.11 Å². The number of anilines is 1. The summed E-state index contributed by atoms with van der Waals surface area (Å²) >= 11 is 0. The number of carbonyl (C=O) groups excluding carboxylic acids is 2. The number of carboxylic acids is 1. The third-order valence-corrected chi connectivity index (χ3v) is 4.10. The Bertz CT molecular complexity index is 860. The minimum absolute atomic E-state index is 0.0451. The smallest absolute Gasteiger partial charge is 0.356 e. The van der Waals surface area contributed by atoms with Gasteiger partial charge in [0.25, 0.3) is 11.8 Å². The molecule has 1 atom stereocenters. The molecule has 3 heterocycles. The van der Waals surface area contributed by atoms with Crippen LogP contribution in [0.2, 0.25) is 0 Å². The van der Waals surface area contributed by atoms with Crippen molar-refractivity contribution < 1.29 is 19.5 Å². The molecule has 0 spiro atoms. The van der Waals surface area contributed by atoms with Crippen molar-refractivity contribution >= 4 is 23.6 Å². The average molecular weight is 358 g/mol. The van der Waals surface area contributed by atoms with Gasteiger partial charge < -0.3 is 10.4 Å². The lowest BCUT2D eigenvalue weighted by atomic mass is 10.0. The van der Waals surface area contributed by atoms with Crippen molar-refractivity contribution in [2.45, 2.75) is 25.8 Å². The number of carboxylic acid groups (broad SMARTS) is 1. The first kappa shape index (κ1) is 17.5. The van der Waals surface area contributed by atoms with Crippen LogP contribution in [0.25, 0.3) is 0 Å². The van der Waals surface area contributed by atoms with Crippen molar-refractivity contribution in [3.05, 3.63) is 35.5 Å². The van der Waals surface area contributed by atoms with E-state index in [0.29, 0.717) is 18.8 Å². The molecule has 1 unspecified atom stereocenters. The van der Waals surface area contributed by atoms with Crippen molar-refractivity contribution in [3.8, 4) is 0 Å². The highest BCUT2D eigenvalue weighted by Gasteiger charge is 2.32. The average Bonchev–Trinajstić information content (AvgIpc) is 2.95. The second kappa shape index (κ2) is 6.90. The van der Waals surface area contributed by atoms with E-state index in [-0.39, 0.29) is 17.3 Å². The molecule has 2 amide bonds. The molecular weight excluding hydrogens is 340 g/mol. The van der Waals surface area contributed by atoms with Gasteiger partial charge in [-0.25, -0.2) is 14.8 Å². The fourth-order valence-corrected chi connectivity index (χ4v) is 2.87. The Balaban J connectivity index is 1.72. The van der Waals surface area contributed by atoms with E-state index >= 15 is 0 Å². The van der Waals surface area contributed by atoms with E-state index in [1.165, 1.54) is 0 Å². The normalized spacial score (nSPS) is 17.2. The maximum Gasteiger partial charge on any atom is 0.356 e. The summed E-state index contributed by atoms with van der Waals surface area (Å²) in [5.41, 5.74) is 0.500. The van der Waals surface area contributed by atoms with Crippen LogP contribution in [-0.2, 0) is 11.8 Å². The van der Waals surface area contributed by atoms with Gasteiger partial charge in [0, 0.05) is 19.7 Å². The Labute approximate surface area is 148 Å². The summed E-state index contributed by atoms with van der Waals surface area (Å²) < 4.78 is 1.63. The lowest BCUT2D eigenvalue weighted by molar-refractivity contribution is -0.121. The van der Waals surface area contributed by atoms with Gasteiger partial charge >= 0.3 is 5.97 Å². The Morgan fingerprint density at radius 2 is 1.96 bits per heavy atom. The largest absolute Gasteiger partial charge is 0.476 e. The summed E-state index contributed by atoms with van der Waals surface area (Å²) in [6.07, 6.45) is 3.32. The Hall–Kier alpha value is -3.30. The van der Waals surface area contributed by atoms with Gasteiger partial charge in [-0.15, -0.1) is 0 Å². The van der Waals surface area contributed by atoms with Crippen molar-refractivity contribution in [3.63, 3.8) is 0 Å². The number of nitrogens with one attached hydrogen (secondary N) is 1. The maximum atomic E-state index is 12.8. The zero-order valence-electron chi connectivity index (χ0n) is 14.3. The molecule has 0 radical (unpaired) electrons. The molecular formula is C16H18N6O4. The van der Waals surface area contributed by atoms with Gasteiger partial charge in [-0.1, -0.05) is 0 Å². The lowest BCUT2D eigenvalue weighted by Gasteiger charge is -2.32. The molecule has 0 bridgehead atoms. The van der Waals surface area contributed by atoms with Gasteiger partial charge in [0.05, 0.1) is 18.1 Å². The summed E-state index contributed by atoms with van der Waals surface area (Å²) in [5, 5.41) is 15.7. The second-order valence-corrected chi connectivity index (χ2v) is 6.02. The number of amides is 2. The number of nitrogens with zero attached hydrogens (tertiary/aromatic N) is 5. The van der Waals surface area contributed by atoms with E-state index in [2.05, 4.69) is 20.4 Å². The van der Waals surface area contributed by atoms with Gasteiger partial charge in [0.2, 0.25) is 0 Å². The molecule has 1 aliphatic heterocycles. The highest BCUT2D eigenvalue weighted by atomic mass is 16.4. The van der Waals surface area contributed by atoms with Crippen molar-refractivity contribution in [2.24, 2.45) is 7.05 Å². The Kier molecular flexibility index (Phi) is 4.65. The number of carbonyl (C=O) groups is 3. The fraction of sp³-hybridized carbons (Fsp3) is 0.375. The number of aryl methyl sites for hydroxylation is 2. The van der Waals surface area contributed by atoms with Crippen LogP contribution in [0.4, 0.5) is 5.82 Å². The van der Waals surface area contributed by atoms with E-state index in [9.17, 15) is 14.4 Å². The molecule has 10 heteroatoms. The maximum absolute atomic E-state index is 12.8. The minimum Gasteiger partial charge on any atom is -0.476 e. The van der Waals surface area contributed by atoms with Crippen molar-refractivity contribution in [1.82, 2.24) is 25.1 Å². The van der Waals surface area contributed by atoms with E-state index in [1.54, 1.807) is 16.6 Å². The fourth-order valence-electron chi connectivity index (χ4n) is 2.87. The van der Waals surface area contributed by atoms with Gasteiger partial charge in [0.15, 0.2) is 5.69 Å². The van der Waals surface area contributed by atoms with Gasteiger partial charge in [-0.2, -0.15) is 5.10 Å². The first-order chi connectivity index (χ1) is 12.4. The third-order valence-electron chi connectivity index (χ3n) is 4.10. The molecule has 0 aliphatic carbocycles. The lowest BCUT2D eigenvalue weighted by Crippen LogP contribution is -2.53. The molecule has 1 aliphatic rings. The molecule has 0 saturated carbocycles. The SMILES string of the molecule is Cc1cc(N2CCCC(NC(=O)c3cnc(C(=O)O)cn3)C2=O)n(C)n1. The van der Waals surface area contributed by atoms with Gasteiger partial charge in [-0.3, -0.25) is 19.2 Å². The summed E-state index contributed by atoms with van der Waals surface area (Å²) in [7, 11) is 1.76. The predicted octanol–water partition coefficient (Wildman–Crippen LogP) is 0.142. The third kappa shape index (κ3) is 3.39. The summed E-state index contributed by atoms with van der Waals surface area (Å²) in [6, 6.07) is 1.13. The number of hydrogen-bond acceptors (Lipinski definition) is 6. The molecule has 3 rings (SSSR count). The highest BCUT2D eigenvalue weighted by molar-refractivity contribution is 6.02. The quantitative estimate of drug-likeness (QED) is 0.795. The zero-order chi connectivity index (χ0) is 18.8. The number of hydrogen-bond donors (Lipinski definition) is 2. The molecule has 2 aromatic rings. The van der Waals surface area contributed by atoms with Crippen LogP contribution < -0.4 is 10.2 Å². The van der Waals surface area contributed by atoms with Crippen LogP contribution in [0.3, 0.4) is 0 Å². The topological polar surface area (TPSA) is 130 Å².